The highest BCUT2D eigenvalue weighted by molar-refractivity contribution is 6.30. The summed E-state index contributed by atoms with van der Waals surface area (Å²) in [7, 11) is 0. The summed E-state index contributed by atoms with van der Waals surface area (Å²) in [5.74, 6) is 1.31. The molecule has 20 heavy (non-hydrogen) atoms. The Labute approximate surface area is 121 Å². The van der Waals surface area contributed by atoms with E-state index in [1.807, 2.05) is 35.0 Å². The molecule has 0 bridgehead atoms. The SMILES string of the molecule is CCn1cc(-c2cccc(Cl)c2)nc1-n1cncc1N. The van der Waals surface area contributed by atoms with Crippen molar-refractivity contribution in [3.8, 4) is 17.2 Å². The number of imidazole rings is 2. The Morgan fingerprint density at radius 1 is 1.35 bits per heavy atom. The maximum Gasteiger partial charge on any atom is 0.217 e. The van der Waals surface area contributed by atoms with Crippen LogP contribution in [-0.2, 0) is 6.54 Å². The predicted octanol–water partition coefficient (Wildman–Crippen LogP) is 2.99. The van der Waals surface area contributed by atoms with Gasteiger partial charge in [0.15, 0.2) is 0 Å². The molecule has 0 fully saturated rings. The van der Waals surface area contributed by atoms with Gasteiger partial charge in [-0.1, -0.05) is 23.7 Å². The van der Waals surface area contributed by atoms with Crippen LogP contribution in [0.15, 0.2) is 43.0 Å². The number of rotatable bonds is 3. The summed E-state index contributed by atoms with van der Waals surface area (Å²) in [4.78, 5) is 8.68. The number of benzene rings is 1. The van der Waals surface area contributed by atoms with Gasteiger partial charge in [-0.25, -0.2) is 9.97 Å². The summed E-state index contributed by atoms with van der Waals surface area (Å²) in [6.07, 6.45) is 5.25. The third-order valence-electron chi connectivity index (χ3n) is 3.10. The van der Waals surface area contributed by atoms with E-state index in [2.05, 4.69) is 16.9 Å². The molecule has 0 aliphatic rings. The molecule has 0 unspecified atom stereocenters. The molecule has 0 radical (unpaired) electrons. The van der Waals surface area contributed by atoms with Gasteiger partial charge >= 0.3 is 0 Å². The molecular formula is C14H14ClN5. The molecule has 0 amide bonds. The fourth-order valence-corrected chi connectivity index (χ4v) is 2.28. The minimum absolute atomic E-state index is 0.558. The maximum absolute atomic E-state index is 6.03. The number of aryl methyl sites for hydroxylation is 1. The Balaban J connectivity index is 2.12. The molecule has 3 aromatic rings. The van der Waals surface area contributed by atoms with E-state index < -0.39 is 0 Å². The number of hydrogen-bond acceptors (Lipinski definition) is 3. The van der Waals surface area contributed by atoms with Crippen LogP contribution in [0.5, 0.6) is 0 Å². The van der Waals surface area contributed by atoms with E-state index >= 15 is 0 Å². The van der Waals surface area contributed by atoms with Crippen molar-refractivity contribution >= 4 is 17.4 Å². The molecule has 0 saturated heterocycles. The highest BCUT2D eigenvalue weighted by atomic mass is 35.5. The minimum Gasteiger partial charge on any atom is -0.383 e. The summed E-state index contributed by atoms with van der Waals surface area (Å²) in [6, 6.07) is 7.63. The molecule has 6 heteroatoms. The quantitative estimate of drug-likeness (QED) is 0.805. The van der Waals surface area contributed by atoms with Crippen molar-refractivity contribution in [1.82, 2.24) is 19.1 Å². The van der Waals surface area contributed by atoms with Gasteiger partial charge in [-0.05, 0) is 19.1 Å². The van der Waals surface area contributed by atoms with Crippen LogP contribution in [0.25, 0.3) is 17.2 Å². The second-order valence-corrected chi connectivity index (χ2v) is 4.85. The van der Waals surface area contributed by atoms with Crippen molar-refractivity contribution in [3.05, 3.63) is 48.0 Å². The first kappa shape index (κ1) is 12.7. The molecular weight excluding hydrogens is 274 g/mol. The van der Waals surface area contributed by atoms with Crippen LogP contribution in [0.4, 0.5) is 5.82 Å². The fourth-order valence-electron chi connectivity index (χ4n) is 2.09. The summed E-state index contributed by atoms with van der Waals surface area (Å²) in [5, 5.41) is 0.692. The number of halogens is 1. The molecule has 2 aromatic heterocycles. The van der Waals surface area contributed by atoms with E-state index in [1.165, 1.54) is 0 Å². The Bertz CT molecular complexity index is 744. The van der Waals surface area contributed by atoms with Gasteiger partial charge in [0, 0.05) is 23.3 Å². The lowest BCUT2D eigenvalue weighted by Crippen LogP contribution is -2.06. The van der Waals surface area contributed by atoms with E-state index in [0.717, 1.165) is 23.8 Å². The topological polar surface area (TPSA) is 61.7 Å². The molecule has 0 aliphatic heterocycles. The molecule has 1 aromatic carbocycles. The third-order valence-corrected chi connectivity index (χ3v) is 3.33. The second kappa shape index (κ2) is 5.02. The van der Waals surface area contributed by atoms with Crippen LogP contribution in [-0.4, -0.2) is 19.1 Å². The molecule has 0 spiro atoms. The van der Waals surface area contributed by atoms with Crippen molar-refractivity contribution in [2.24, 2.45) is 0 Å². The van der Waals surface area contributed by atoms with Gasteiger partial charge in [0.2, 0.25) is 5.95 Å². The first-order valence-corrected chi connectivity index (χ1v) is 6.68. The number of aromatic nitrogens is 4. The lowest BCUT2D eigenvalue weighted by Gasteiger charge is -2.05. The number of nitrogens with zero attached hydrogens (tertiary/aromatic N) is 4. The van der Waals surface area contributed by atoms with Gasteiger partial charge in [-0.2, -0.15) is 0 Å². The highest BCUT2D eigenvalue weighted by Crippen LogP contribution is 2.24. The third kappa shape index (κ3) is 2.16. The first-order chi connectivity index (χ1) is 9.69. The lowest BCUT2D eigenvalue weighted by molar-refractivity contribution is 0.721. The summed E-state index contributed by atoms with van der Waals surface area (Å²) in [6.45, 7) is 2.85. The lowest BCUT2D eigenvalue weighted by atomic mass is 10.2. The molecule has 5 nitrogen and oxygen atoms in total. The van der Waals surface area contributed by atoms with Crippen LogP contribution in [0.2, 0.25) is 5.02 Å². The zero-order valence-corrected chi connectivity index (χ0v) is 11.7. The van der Waals surface area contributed by atoms with Crippen LogP contribution in [0.1, 0.15) is 6.92 Å². The molecule has 2 heterocycles. The number of anilines is 1. The van der Waals surface area contributed by atoms with Gasteiger partial charge in [0.05, 0.1) is 11.9 Å². The van der Waals surface area contributed by atoms with Gasteiger partial charge in [0.1, 0.15) is 12.1 Å². The smallest absolute Gasteiger partial charge is 0.217 e. The predicted molar refractivity (Wildman–Crippen MR) is 79.9 cm³/mol. The van der Waals surface area contributed by atoms with Crippen molar-refractivity contribution in [1.29, 1.82) is 0 Å². The Morgan fingerprint density at radius 3 is 2.85 bits per heavy atom. The molecule has 2 N–H and O–H groups in total. The molecule has 0 saturated carbocycles. The van der Waals surface area contributed by atoms with Crippen molar-refractivity contribution in [2.45, 2.75) is 13.5 Å². The Kier molecular flexibility index (Phi) is 3.20. The number of nitrogens with two attached hydrogens (primary N) is 1. The standard InChI is InChI=1S/C14H14ClN5/c1-2-19-8-12(10-4-3-5-11(15)6-10)18-14(19)20-9-17-7-13(20)16/h3-9H,2,16H2,1H3. The zero-order chi connectivity index (χ0) is 14.1. The van der Waals surface area contributed by atoms with Gasteiger partial charge < -0.3 is 10.3 Å². The zero-order valence-electron chi connectivity index (χ0n) is 11.0. The molecule has 0 atom stereocenters. The normalized spacial score (nSPS) is 10.9. The fraction of sp³-hybridized carbons (Fsp3) is 0.143. The van der Waals surface area contributed by atoms with Crippen LogP contribution < -0.4 is 5.73 Å². The second-order valence-electron chi connectivity index (χ2n) is 4.41. The van der Waals surface area contributed by atoms with Crippen molar-refractivity contribution < 1.29 is 0 Å². The average molecular weight is 288 g/mol. The maximum atomic E-state index is 6.03. The van der Waals surface area contributed by atoms with Crippen LogP contribution in [0, 0.1) is 0 Å². The Hall–Kier alpha value is -2.27. The monoisotopic (exact) mass is 287 g/mol. The van der Waals surface area contributed by atoms with Crippen LogP contribution >= 0.6 is 11.6 Å². The number of nitrogen functional groups attached to an aromatic ring is 1. The minimum atomic E-state index is 0.558. The van der Waals surface area contributed by atoms with E-state index in [0.29, 0.717) is 10.8 Å². The Morgan fingerprint density at radius 2 is 2.20 bits per heavy atom. The van der Waals surface area contributed by atoms with E-state index in [1.54, 1.807) is 17.1 Å². The largest absolute Gasteiger partial charge is 0.383 e. The van der Waals surface area contributed by atoms with Gasteiger partial charge in [0.25, 0.3) is 0 Å². The van der Waals surface area contributed by atoms with Crippen molar-refractivity contribution in [2.75, 3.05) is 5.73 Å². The van der Waals surface area contributed by atoms with Gasteiger partial charge in [-0.15, -0.1) is 0 Å². The van der Waals surface area contributed by atoms with E-state index in [4.69, 9.17) is 17.3 Å². The summed E-state index contributed by atoms with van der Waals surface area (Å²) >= 11 is 6.03. The highest BCUT2D eigenvalue weighted by Gasteiger charge is 2.12. The number of hydrogen-bond donors (Lipinski definition) is 1. The van der Waals surface area contributed by atoms with Crippen molar-refractivity contribution in [3.63, 3.8) is 0 Å². The van der Waals surface area contributed by atoms with E-state index in [-0.39, 0.29) is 0 Å². The molecule has 102 valence electrons. The first-order valence-electron chi connectivity index (χ1n) is 6.30. The summed E-state index contributed by atoms with van der Waals surface area (Å²) < 4.78 is 3.78. The van der Waals surface area contributed by atoms with E-state index in [9.17, 15) is 0 Å². The summed E-state index contributed by atoms with van der Waals surface area (Å²) in [5.41, 5.74) is 7.73. The van der Waals surface area contributed by atoms with Gasteiger partial charge in [-0.3, -0.25) is 4.57 Å². The average Bonchev–Trinajstić information content (AvgIpc) is 3.04. The molecule has 0 aliphatic carbocycles. The molecule has 3 rings (SSSR count). The van der Waals surface area contributed by atoms with Crippen LogP contribution in [0.3, 0.4) is 0 Å².